The monoisotopic (exact) mass is 303 g/mol. The van der Waals surface area contributed by atoms with Crippen molar-refractivity contribution in [3.8, 4) is 0 Å². The number of aliphatic hydroxyl groups is 1. The molecule has 0 bridgehead atoms. The zero-order chi connectivity index (χ0) is 15.6. The number of aliphatic hydroxyl groups excluding tert-OH is 1. The largest absolute Gasteiger partial charge is 0.481 e. The van der Waals surface area contributed by atoms with Crippen molar-refractivity contribution in [2.75, 3.05) is 45.9 Å². The minimum Gasteiger partial charge on any atom is -0.481 e. The van der Waals surface area contributed by atoms with Crippen molar-refractivity contribution < 1.29 is 15.0 Å². The molecule has 21 heavy (non-hydrogen) atoms. The third-order valence-electron chi connectivity index (χ3n) is 3.21. The maximum absolute atomic E-state index is 10.3. The molecule has 0 unspecified atom stereocenters. The summed E-state index contributed by atoms with van der Waals surface area (Å²) in [7, 11) is 0. The quantitative estimate of drug-likeness (QED) is 0.252. The molecule has 0 saturated heterocycles. The molecule has 5 N–H and O–H groups in total. The van der Waals surface area contributed by atoms with Gasteiger partial charge in [-0.25, -0.2) is 0 Å². The van der Waals surface area contributed by atoms with Crippen molar-refractivity contribution in [1.29, 1.82) is 0 Å². The van der Waals surface area contributed by atoms with Gasteiger partial charge in [-0.3, -0.25) is 4.79 Å². The van der Waals surface area contributed by atoms with Crippen LogP contribution in [0, 0.1) is 0 Å². The van der Waals surface area contributed by atoms with Crippen LogP contribution >= 0.6 is 0 Å². The highest BCUT2D eigenvalue weighted by Crippen LogP contribution is 2.04. The second-order valence-corrected chi connectivity index (χ2v) is 5.24. The molecule has 0 atom stereocenters. The minimum atomic E-state index is -0.687. The highest BCUT2D eigenvalue weighted by atomic mass is 16.4. The van der Waals surface area contributed by atoms with Gasteiger partial charge in [-0.05, 0) is 32.4 Å². The zero-order valence-electron chi connectivity index (χ0n) is 13.2. The summed E-state index contributed by atoms with van der Waals surface area (Å²) in [5, 5.41) is 27.1. The fraction of sp³-hybridized carbons (Fsp3) is 0.933. The third-order valence-corrected chi connectivity index (χ3v) is 3.21. The molecule has 0 aromatic rings. The van der Waals surface area contributed by atoms with Crippen LogP contribution in [0.4, 0.5) is 0 Å². The average molecular weight is 303 g/mol. The first kappa shape index (κ1) is 20.3. The molecule has 0 amide bonds. The molecule has 0 aliphatic heterocycles. The molecular formula is C15H33N3O3. The molecule has 0 aromatic heterocycles. The van der Waals surface area contributed by atoms with Gasteiger partial charge in [-0.1, -0.05) is 19.3 Å². The Balaban J connectivity index is 2.95. The Morgan fingerprint density at radius 2 is 1.14 bits per heavy atom. The summed E-state index contributed by atoms with van der Waals surface area (Å²) in [6, 6.07) is 0. The van der Waals surface area contributed by atoms with Crippen LogP contribution < -0.4 is 16.0 Å². The molecule has 0 heterocycles. The van der Waals surface area contributed by atoms with Gasteiger partial charge < -0.3 is 26.2 Å². The van der Waals surface area contributed by atoms with E-state index < -0.39 is 5.97 Å². The predicted octanol–water partition coefficient (Wildman–Crippen LogP) is 0.563. The number of hydrogen-bond acceptors (Lipinski definition) is 5. The zero-order valence-corrected chi connectivity index (χ0v) is 13.2. The van der Waals surface area contributed by atoms with Gasteiger partial charge in [0.2, 0.25) is 0 Å². The Kier molecular flexibility index (Phi) is 16.8. The maximum Gasteiger partial charge on any atom is 0.303 e. The van der Waals surface area contributed by atoms with Crippen molar-refractivity contribution >= 4 is 5.97 Å². The first-order valence-corrected chi connectivity index (χ1v) is 8.22. The van der Waals surface area contributed by atoms with Crippen LogP contribution in [-0.4, -0.2) is 62.1 Å². The molecule has 0 aliphatic carbocycles. The lowest BCUT2D eigenvalue weighted by Gasteiger charge is -2.07. The topological polar surface area (TPSA) is 93.6 Å². The average Bonchev–Trinajstić information content (AvgIpc) is 2.46. The number of hydrogen-bond donors (Lipinski definition) is 5. The second-order valence-electron chi connectivity index (χ2n) is 5.24. The standard InChI is InChI=1S/C15H33N3O3/c19-14-6-9-17-11-13-18-12-10-16-8-5-3-1-2-4-7-15(20)21/h16-19H,1-14H2,(H,20,21). The second kappa shape index (κ2) is 17.4. The smallest absolute Gasteiger partial charge is 0.303 e. The third kappa shape index (κ3) is 19.3. The van der Waals surface area contributed by atoms with Crippen LogP contribution in [-0.2, 0) is 4.79 Å². The highest BCUT2D eigenvalue weighted by Gasteiger charge is 1.96. The van der Waals surface area contributed by atoms with Crippen LogP contribution in [0.15, 0.2) is 0 Å². The number of carbonyl (C=O) groups is 1. The van der Waals surface area contributed by atoms with Crippen LogP contribution in [0.5, 0.6) is 0 Å². The van der Waals surface area contributed by atoms with Crippen molar-refractivity contribution in [1.82, 2.24) is 16.0 Å². The van der Waals surface area contributed by atoms with Gasteiger partial charge in [0.1, 0.15) is 0 Å². The van der Waals surface area contributed by atoms with E-state index in [0.717, 1.165) is 71.4 Å². The molecule has 0 rings (SSSR count). The van der Waals surface area contributed by atoms with Crippen LogP contribution in [0.2, 0.25) is 0 Å². The van der Waals surface area contributed by atoms with E-state index in [9.17, 15) is 4.79 Å². The summed E-state index contributed by atoms with van der Waals surface area (Å²) < 4.78 is 0. The van der Waals surface area contributed by atoms with Crippen LogP contribution in [0.3, 0.4) is 0 Å². The molecule has 0 radical (unpaired) electrons. The summed E-state index contributed by atoms with van der Waals surface area (Å²) in [5.41, 5.74) is 0. The Bertz CT molecular complexity index is 228. The number of unbranched alkanes of at least 4 members (excludes halogenated alkanes) is 4. The van der Waals surface area contributed by atoms with Crippen molar-refractivity contribution in [3.05, 3.63) is 0 Å². The van der Waals surface area contributed by atoms with Gasteiger partial charge in [0.05, 0.1) is 0 Å². The SMILES string of the molecule is O=C(O)CCCCCCCNCCNCCNCCCO. The van der Waals surface area contributed by atoms with Gasteiger partial charge in [0, 0.05) is 39.2 Å². The molecular weight excluding hydrogens is 270 g/mol. The van der Waals surface area contributed by atoms with Crippen LogP contribution in [0.1, 0.15) is 44.9 Å². The first-order chi connectivity index (χ1) is 10.3. The number of carboxylic acid groups (broad SMARTS) is 1. The molecule has 0 saturated carbocycles. The summed E-state index contributed by atoms with van der Waals surface area (Å²) >= 11 is 0. The first-order valence-electron chi connectivity index (χ1n) is 8.22. The van der Waals surface area contributed by atoms with E-state index in [1.807, 2.05) is 0 Å². The van der Waals surface area contributed by atoms with Crippen LogP contribution in [0.25, 0.3) is 0 Å². The summed E-state index contributed by atoms with van der Waals surface area (Å²) in [6.07, 6.45) is 6.42. The van der Waals surface area contributed by atoms with Gasteiger partial charge in [-0.2, -0.15) is 0 Å². The summed E-state index contributed by atoms with van der Waals surface area (Å²) in [4.78, 5) is 10.3. The molecule has 6 nitrogen and oxygen atoms in total. The molecule has 0 aromatic carbocycles. The summed E-state index contributed by atoms with van der Waals surface area (Å²) in [6.45, 7) is 6.02. The molecule has 6 heteroatoms. The molecule has 126 valence electrons. The summed E-state index contributed by atoms with van der Waals surface area (Å²) in [5.74, 6) is -0.687. The Morgan fingerprint density at radius 1 is 0.667 bits per heavy atom. The number of rotatable bonds is 17. The van der Waals surface area contributed by atoms with Crippen molar-refractivity contribution in [2.24, 2.45) is 0 Å². The number of aliphatic carboxylic acids is 1. The van der Waals surface area contributed by atoms with Gasteiger partial charge in [0.25, 0.3) is 0 Å². The van der Waals surface area contributed by atoms with E-state index in [1.54, 1.807) is 0 Å². The molecule has 0 aliphatic rings. The lowest BCUT2D eigenvalue weighted by Crippen LogP contribution is -2.33. The van der Waals surface area contributed by atoms with Crippen molar-refractivity contribution in [3.63, 3.8) is 0 Å². The predicted molar refractivity (Wildman–Crippen MR) is 85.6 cm³/mol. The minimum absolute atomic E-state index is 0.254. The van der Waals surface area contributed by atoms with Crippen molar-refractivity contribution in [2.45, 2.75) is 44.9 Å². The number of nitrogens with one attached hydrogen (secondary N) is 3. The van der Waals surface area contributed by atoms with E-state index in [4.69, 9.17) is 10.2 Å². The Morgan fingerprint density at radius 3 is 1.71 bits per heavy atom. The Hall–Kier alpha value is -0.690. The Labute approximate surface area is 128 Å². The number of carboxylic acids is 1. The fourth-order valence-corrected chi connectivity index (χ4v) is 1.99. The fourth-order valence-electron chi connectivity index (χ4n) is 1.99. The van der Waals surface area contributed by atoms with E-state index in [2.05, 4.69) is 16.0 Å². The molecule has 0 spiro atoms. The highest BCUT2D eigenvalue weighted by molar-refractivity contribution is 5.66. The van der Waals surface area contributed by atoms with E-state index in [-0.39, 0.29) is 6.61 Å². The lowest BCUT2D eigenvalue weighted by molar-refractivity contribution is -0.137. The van der Waals surface area contributed by atoms with Gasteiger partial charge in [-0.15, -0.1) is 0 Å². The maximum atomic E-state index is 10.3. The van der Waals surface area contributed by atoms with E-state index >= 15 is 0 Å². The van der Waals surface area contributed by atoms with Gasteiger partial charge in [0.15, 0.2) is 0 Å². The van der Waals surface area contributed by atoms with E-state index in [1.165, 1.54) is 6.42 Å². The van der Waals surface area contributed by atoms with Gasteiger partial charge >= 0.3 is 5.97 Å². The molecule has 0 fully saturated rings. The van der Waals surface area contributed by atoms with E-state index in [0.29, 0.717) is 6.42 Å². The normalized spacial score (nSPS) is 10.9. The lowest BCUT2D eigenvalue weighted by atomic mass is 10.1.